The molecule has 1 aromatic carbocycles. The van der Waals surface area contributed by atoms with E-state index in [-0.39, 0.29) is 16.9 Å². The minimum absolute atomic E-state index is 0.0388. The number of hydrogen-bond donors (Lipinski definition) is 2. The van der Waals surface area contributed by atoms with Crippen molar-refractivity contribution < 1.29 is 15.0 Å². The number of aromatic hydroxyl groups is 1. The minimum atomic E-state index is -1.08. The second-order valence-corrected chi connectivity index (χ2v) is 5.80. The van der Waals surface area contributed by atoms with E-state index in [9.17, 15) is 9.90 Å². The number of hydrogen-bond acceptors (Lipinski definition) is 3. The van der Waals surface area contributed by atoms with Gasteiger partial charge in [0.1, 0.15) is 5.75 Å². The highest BCUT2D eigenvalue weighted by Gasteiger charge is 2.22. The van der Waals surface area contributed by atoms with E-state index in [1.165, 1.54) is 10.7 Å². The molecule has 2 aromatic rings. The lowest BCUT2D eigenvalue weighted by Gasteiger charge is -2.21. The van der Waals surface area contributed by atoms with Gasteiger partial charge in [0.25, 0.3) is 0 Å². The molecule has 0 fully saturated rings. The third-order valence-corrected chi connectivity index (χ3v) is 3.22. The number of benzene rings is 1. The molecule has 1 heterocycles. The number of aromatic nitrogens is 2. The molecule has 0 bridgehead atoms. The van der Waals surface area contributed by atoms with E-state index >= 15 is 0 Å². The smallest absolute Gasteiger partial charge is 0.356 e. The van der Waals surface area contributed by atoms with Crippen molar-refractivity contribution >= 4 is 5.97 Å². The summed E-state index contributed by atoms with van der Waals surface area (Å²) in [5, 5.41) is 23.4. The molecular formula is C15H18N2O3. The first kappa shape index (κ1) is 14.1. The number of phenolic OH excluding ortho intramolecular Hbond substituents is 1. The molecule has 20 heavy (non-hydrogen) atoms. The maximum Gasteiger partial charge on any atom is 0.356 e. The van der Waals surface area contributed by atoms with Crippen LogP contribution in [0.2, 0.25) is 0 Å². The lowest BCUT2D eigenvalue weighted by molar-refractivity contribution is 0.0689. The van der Waals surface area contributed by atoms with Crippen molar-refractivity contribution in [1.82, 2.24) is 9.78 Å². The highest BCUT2D eigenvalue weighted by atomic mass is 16.4. The predicted octanol–water partition coefficient (Wildman–Crippen LogP) is 2.79. The van der Waals surface area contributed by atoms with Gasteiger partial charge in [-0.15, -0.1) is 0 Å². The molecule has 0 spiro atoms. The summed E-state index contributed by atoms with van der Waals surface area (Å²) in [5.41, 5.74) is 1.73. The fourth-order valence-corrected chi connectivity index (χ4v) is 2.18. The van der Waals surface area contributed by atoms with E-state index in [4.69, 9.17) is 5.11 Å². The van der Waals surface area contributed by atoms with Crippen LogP contribution < -0.4 is 0 Å². The fraction of sp³-hybridized carbons (Fsp3) is 0.333. The van der Waals surface area contributed by atoms with Crippen LogP contribution in [0.25, 0.3) is 11.3 Å². The number of nitrogens with zero attached hydrogens (tertiary/aromatic N) is 2. The molecule has 1 aromatic heterocycles. The van der Waals surface area contributed by atoms with Gasteiger partial charge in [-0.1, -0.05) is 32.9 Å². The highest BCUT2D eigenvalue weighted by molar-refractivity contribution is 5.87. The van der Waals surface area contributed by atoms with E-state index in [0.717, 1.165) is 5.56 Å². The molecular weight excluding hydrogens is 256 g/mol. The van der Waals surface area contributed by atoms with Crippen molar-refractivity contribution in [3.8, 4) is 17.0 Å². The van der Waals surface area contributed by atoms with Gasteiger partial charge in [-0.2, -0.15) is 5.10 Å². The standard InChI is InChI=1S/C15H18N2O3/c1-15(2,3)10-7-5-6-9(13(10)18)12-8-11(14(19)20)16-17(12)4/h5-8,18H,1-4H3,(H,19,20). The Hall–Kier alpha value is -2.30. The number of phenols is 1. The average Bonchev–Trinajstić information content (AvgIpc) is 2.70. The summed E-state index contributed by atoms with van der Waals surface area (Å²) < 4.78 is 1.46. The molecule has 2 rings (SSSR count). The summed E-state index contributed by atoms with van der Waals surface area (Å²) >= 11 is 0. The normalized spacial score (nSPS) is 11.6. The molecule has 106 valence electrons. The Morgan fingerprint density at radius 1 is 1.30 bits per heavy atom. The maximum atomic E-state index is 11.0. The summed E-state index contributed by atoms with van der Waals surface area (Å²) in [6.07, 6.45) is 0. The first-order valence-electron chi connectivity index (χ1n) is 6.32. The fourth-order valence-electron chi connectivity index (χ4n) is 2.18. The molecule has 5 heteroatoms. The zero-order valence-electron chi connectivity index (χ0n) is 12.0. The SMILES string of the molecule is Cn1nc(C(=O)O)cc1-c1cccc(C(C)(C)C)c1O. The van der Waals surface area contributed by atoms with Gasteiger partial charge in [-0.05, 0) is 23.1 Å². The first-order valence-corrected chi connectivity index (χ1v) is 6.32. The molecule has 0 unspecified atom stereocenters. The number of para-hydroxylation sites is 1. The van der Waals surface area contributed by atoms with Crippen molar-refractivity contribution in [2.24, 2.45) is 7.05 Å². The van der Waals surface area contributed by atoms with E-state index in [1.54, 1.807) is 13.1 Å². The number of carboxylic acids is 1. The molecule has 2 N–H and O–H groups in total. The molecule has 0 saturated carbocycles. The monoisotopic (exact) mass is 274 g/mol. The number of rotatable bonds is 2. The molecule has 0 aliphatic heterocycles. The zero-order chi connectivity index (χ0) is 15.1. The summed E-state index contributed by atoms with van der Waals surface area (Å²) in [6, 6.07) is 6.94. The molecule has 0 aliphatic carbocycles. The topological polar surface area (TPSA) is 75.4 Å². The molecule has 0 saturated heterocycles. The van der Waals surface area contributed by atoms with Gasteiger partial charge in [0.15, 0.2) is 5.69 Å². The Morgan fingerprint density at radius 3 is 2.45 bits per heavy atom. The predicted molar refractivity (Wildman–Crippen MR) is 76.0 cm³/mol. The maximum absolute atomic E-state index is 11.0. The number of carboxylic acid groups (broad SMARTS) is 1. The summed E-state index contributed by atoms with van der Waals surface area (Å²) in [6.45, 7) is 6.03. The lowest BCUT2D eigenvalue weighted by atomic mass is 9.85. The van der Waals surface area contributed by atoms with E-state index < -0.39 is 5.97 Å². The first-order chi connectivity index (χ1) is 9.21. The zero-order valence-corrected chi connectivity index (χ0v) is 12.0. The van der Waals surface area contributed by atoms with Gasteiger partial charge in [0.2, 0.25) is 0 Å². The van der Waals surface area contributed by atoms with E-state index in [1.807, 2.05) is 32.9 Å². The number of carbonyl (C=O) groups is 1. The van der Waals surface area contributed by atoms with Crippen LogP contribution in [0.3, 0.4) is 0 Å². The second-order valence-electron chi connectivity index (χ2n) is 5.80. The van der Waals surface area contributed by atoms with Crippen LogP contribution >= 0.6 is 0 Å². The van der Waals surface area contributed by atoms with Crippen LogP contribution in [0.5, 0.6) is 5.75 Å². The van der Waals surface area contributed by atoms with Gasteiger partial charge in [-0.3, -0.25) is 4.68 Å². The van der Waals surface area contributed by atoms with Crippen molar-refractivity contribution in [2.75, 3.05) is 0 Å². The lowest BCUT2D eigenvalue weighted by Crippen LogP contribution is -2.11. The Bertz CT molecular complexity index is 666. The molecule has 0 aliphatic rings. The second kappa shape index (κ2) is 4.67. The Labute approximate surface area is 117 Å². The van der Waals surface area contributed by atoms with Crippen LogP contribution in [0.4, 0.5) is 0 Å². The Kier molecular flexibility index (Phi) is 3.29. The third kappa shape index (κ3) is 2.39. The van der Waals surface area contributed by atoms with Gasteiger partial charge in [-0.25, -0.2) is 4.79 Å². The van der Waals surface area contributed by atoms with Crippen molar-refractivity contribution in [2.45, 2.75) is 26.2 Å². The van der Waals surface area contributed by atoms with Gasteiger partial charge < -0.3 is 10.2 Å². The minimum Gasteiger partial charge on any atom is -0.507 e. The molecule has 5 nitrogen and oxygen atoms in total. The quantitative estimate of drug-likeness (QED) is 0.883. The van der Waals surface area contributed by atoms with Crippen molar-refractivity contribution in [1.29, 1.82) is 0 Å². The van der Waals surface area contributed by atoms with Crippen molar-refractivity contribution in [3.63, 3.8) is 0 Å². The Balaban J connectivity index is 2.62. The van der Waals surface area contributed by atoms with Gasteiger partial charge >= 0.3 is 5.97 Å². The van der Waals surface area contributed by atoms with Crippen LogP contribution in [0.1, 0.15) is 36.8 Å². The highest BCUT2D eigenvalue weighted by Crippen LogP contribution is 2.38. The van der Waals surface area contributed by atoms with Crippen LogP contribution in [-0.4, -0.2) is 26.0 Å². The number of aromatic carboxylic acids is 1. The number of aryl methyl sites for hydroxylation is 1. The van der Waals surface area contributed by atoms with Gasteiger partial charge in [0.05, 0.1) is 5.69 Å². The van der Waals surface area contributed by atoms with E-state index in [2.05, 4.69) is 5.10 Å². The van der Waals surface area contributed by atoms with Crippen LogP contribution in [0.15, 0.2) is 24.3 Å². The summed E-state index contributed by atoms with van der Waals surface area (Å²) in [7, 11) is 1.66. The van der Waals surface area contributed by atoms with Crippen molar-refractivity contribution in [3.05, 3.63) is 35.5 Å². The Morgan fingerprint density at radius 2 is 1.95 bits per heavy atom. The molecule has 0 radical (unpaired) electrons. The third-order valence-electron chi connectivity index (χ3n) is 3.22. The van der Waals surface area contributed by atoms with Gasteiger partial charge in [0, 0.05) is 12.6 Å². The van der Waals surface area contributed by atoms with Crippen LogP contribution in [-0.2, 0) is 12.5 Å². The molecule has 0 amide bonds. The largest absolute Gasteiger partial charge is 0.507 e. The summed E-state index contributed by atoms with van der Waals surface area (Å²) in [4.78, 5) is 11.0. The summed E-state index contributed by atoms with van der Waals surface area (Å²) in [5.74, 6) is -0.918. The van der Waals surface area contributed by atoms with Crippen LogP contribution in [0, 0.1) is 0 Å². The average molecular weight is 274 g/mol. The molecule has 0 atom stereocenters. The van der Waals surface area contributed by atoms with E-state index in [0.29, 0.717) is 11.3 Å².